The molecule has 1 saturated carbocycles. The summed E-state index contributed by atoms with van der Waals surface area (Å²) in [5.74, 6) is -1.11. The quantitative estimate of drug-likeness (QED) is 0.845. The summed E-state index contributed by atoms with van der Waals surface area (Å²) >= 11 is 0. The number of benzene rings is 1. The lowest BCUT2D eigenvalue weighted by molar-refractivity contribution is -0.143. The van der Waals surface area contributed by atoms with E-state index < -0.39 is 5.97 Å². The Morgan fingerprint density at radius 2 is 1.89 bits per heavy atom. The fourth-order valence-electron chi connectivity index (χ4n) is 2.94. The normalized spacial score (nSPS) is 23.0. The fraction of sp³-hybridized carbons (Fsp3) is 0.500. The zero-order chi connectivity index (χ0) is 13.8. The Kier molecular flexibility index (Phi) is 4.35. The first-order valence-corrected chi connectivity index (χ1v) is 6.98. The Morgan fingerprint density at radius 1 is 1.21 bits per heavy atom. The summed E-state index contributed by atoms with van der Waals surface area (Å²) in [5.41, 5.74) is 1.84. The number of hydrogen-bond acceptors (Lipinski definition) is 2. The number of carboxylic acids is 1. The van der Waals surface area contributed by atoms with E-state index in [4.69, 9.17) is 5.11 Å². The third-order valence-electron chi connectivity index (χ3n) is 4.06. The maximum absolute atomic E-state index is 12.6. The van der Waals surface area contributed by atoms with Gasteiger partial charge in [-0.1, -0.05) is 37.6 Å². The summed E-state index contributed by atoms with van der Waals surface area (Å²) in [6.45, 7) is 2.03. The van der Waals surface area contributed by atoms with E-state index in [9.17, 15) is 9.59 Å². The molecular weight excluding hydrogens is 240 g/mol. The van der Waals surface area contributed by atoms with Crippen molar-refractivity contribution in [1.82, 2.24) is 0 Å². The minimum absolute atomic E-state index is 0.123. The molecule has 0 unspecified atom stereocenters. The highest BCUT2D eigenvalue weighted by Gasteiger charge is 2.31. The van der Waals surface area contributed by atoms with E-state index >= 15 is 0 Å². The van der Waals surface area contributed by atoms with Crippen molar-refractivity contribution < 1.29 is 14.7 Å². The molecular formula is C16H20O3. The predicted octanol–water partition coefficient (Wildman–Crippen LogP) is 3.32. The smallest absolute Gasteiger partial charge is 0.306 e. The van der Waals surface area contributed by atoms with Crippen molar-refractivity contribution in [2.24, 2.45) is 11.8 Å². The van der Waals surface area contributed by atoms with Crippen LogP contribution in [-0.4, -0.2) is 16.9 Å². The summed E-state index contributed by atoms with van der Waals surface area (Å²) in [4.78, 5) is 23.6. The van der Waals surface area contributed by atoms with E-state index in [0.29, 0.717) is 12.8 Å². The van der Waals surface area contributed by atoms with Gasteiger partial charge >= 0.3 is 5.97 Å². The van der Waals surface area contributed by atoms with E-state index in [1.54, 1.807) is 0 Å². The Morgan fingerprint density at radius 3 is 2.58 bits per heavy atom. The Labute approximate surface area is 113 Å². The van der Waals surface area contributed by atoms with Crippen molar-refractivity contribution in [2.45, 2.75) is 39.0 Å². The Hall–Kier alpha value is -1.64. The largest absolute Gasteiger partial charge is 0.481 e. The number of hydrogen-bond donors (Lipinski definition) is 1. The summed E-state index contributed by atoms with van der Waals surface area (Å²) in [6.07, 6.45) is 3.68. The van der Waals surface area contributed by atoms with E-state index in [0.717, 1.165) is 30.4 Å². The lowest BCUT2D eigenvalue weighted by Gasteiger charge is -2.26. The van der Waals surface area contributed by atoms with Crippen LogP contribution in [-0.2, 0) is 11.2 Å². The van der Waals surface area contributed by atoms with Gasteiger partial charge in [-0.15, -0.1) is 0 Å². The summed E-state index contributed by atoms with van der Waals surface area (Å²) in [5, 5.41) is 9.10. The number of carbonyl (C=O) groups excluding carboxylic acids is 1. The maximum atomic E-state index is 12.6. The summed E-state index contributed by atoms with van der Waals surface area (Å²) in [6, 6.07) is 7.66. The van der Waals surface area contributed by atoms with Crippen molar-refractivity contribution in [2.75, 3.05) is 0 Å². The average molecular weight is 260 g/mol. The SMILES string of the molecule is CCc1ccccc1C(=O)[C@@H]1CCC[C@H](C(=O)O)C1. The van der Waals surface area contributed by atoms with Gasteiger partial charge in [0, 0.05) is 11.5 Å². The van der Waals surface area contributed by atoms with Crippen LogP contribution in [0.5, 0.6) is 0 Å². The maximum Gasteiger partial charge on any atom is 0.306 e. The first-order valence-electron chi connectivity index (χ1n) is 6.98. The zero-order valence-electron chi connectivity index (χ0n) is 11.3. The zero-order valence-corrected chi connectivity index (χ0v) is 11.3. The molecule has 0 saturated heterocycles. The minimum atomic E-state index is -0.763. The molecule has 0 amide bonds. The monoisotopic (exact) mass is 260 g/mol. The molecule has 1 aromatic carbocycles. The molecule has 0 heterocycles. The molecule has 1 fully saturated rings. The van der Waals surface area contributed by atoms with Gasteiger partial charge in [-0.2, -0.15) is 0 Å². The molecule has 1 aromatic rings. The lowest BCUT2D eigenvalue weighted by atomic mass is 9.77. The van der Waals surface area contributed by atoms with Crippen LogP contribution in [0.2, 0.25) is 0 Å². The molecule has 0 radical (unpaired) electrons. The number of aryl methyl sites for hydroxylation is 1. The fourth-order valence-corrected chi connectivity index (χ4v) is 2.94. The van der Waals surface area contributed by atoms with Crippen molar-refractivity contribution in [1.29, 1.82) is 0 Å². The molecule has 1 aliphatic carbocycles. The van der Waals surface area contributed by atoms with Gasteiger partial charge in [-0.3, -0.25) is 9.59 Å². The highest BCUT2D eigenvalue weighted by Crippen LogP contribution is 2.32. The van der Waals surface area contributed by atoms with Crippen LogP contribution in [0.4, 0.5) is 0 Å². The van der Waals surface area contributed by atoms with Crippen LogP contribution in [0.25, 0.3) is 0 Å². The summed E-state index contributed by atoms with van der Waals surface area (Å²) in [7, 11) is 0. The first-order chi connectivity index (χ1) is 9.13. The van der Waals surface area contributed by atoms with Gasteiger partial charge < -0.3 is 5.11 Å². The third-order valence-corrected chi connectivity index (χ3v) is 4.06. The molecule has 0 aliphatic heterocycles. The van der Waals surface area contributed by atoms with Gasteiger partial charge in [0.15, 0.2) is 5.78 Å². The molecule has 19 heavy (non-hydrogen) atoms. The van der Waals surface area contributed by atoms with Gasteiger partial charge in [0.1, 0.15) is 0 Å². The van der Waals surface area contributed by atoms with Crippen molar-refractivity contribution in [3.8, 4) is 0 Å². The number of rotatable bonds is 4. The number of ketones is 1. The number of aliphatic carboxylic acids is 1. The molecule has 102 valence electrons. The Bertz CT molecular complexity index is 479. The molecule has 0 bridgehead atoms. The van der Waals surface area contributed by atoms with Crippen LogP contribution in [0.1, 0.15) is 48.5 Å². The Balaban J connectivity index is 2.17. The van der Waals surface area contributed by atoms with Gasteiger partial charge in [0.25, 0.3) is 0 Å². The van der Waals surface area contributed by atoms with E-state index in [2.05, 4.69) is 0 Å². The number of carboxylic acid groups (broad SMARTS) is 1. The van der Waals surface area contributed by atoms with E-state index in [-0.39, 0.29) is 17.6 Å². The highest BCUT2D eigenvalue weighted by molar-refractivity contribution is 5.99. The van der Waals surface area contributed by atoms with Crippen LogP contribution in [0, 0.1) is 11.8 Å². The molecule has 0 spiro atoms. The second-order valence-corrected chi connectivity index (χ2v) is 5.27. The van der Waals surface area contributed by atoms with Crippen molar-refractivity contribution in [3.63, 3.8) is 0 Å². The number of Topliss-reactive ketones (excluding diaryl/α,β-unsaturated/α-hetero) is 1. The molecule has 2 rings (SSSR count). The minimum Gasteiger partial charge on any atom is -0.481 e. The molecule has 0 aromatic heterocycles. The molecule has 2 atom stereocenters. The predicted molar refractivity (Wildman–Crippen MR) is 73.2 cm³/mol. The van der Waals surface area contributed by atoms with Crippen LogP contribution in [0.15, 0.2) is 24.3 Å². The molecule has 1 N–H and O–H groups in total. The summed E-state index contributed by atoms with van der Waals surface area (Å²) < 4.78 is 0. The highest BCUT2D eigenvalue weighted by atomic mass is 16.4. The molecule has 3 heteroatoms. The van der Waals surface area contributed by atoms with Crippen molar-refractivity contribution >= 4 is 11.8 Å². The van der Waals surface area contributed by atoms with Crippen LogP contribution < -0.4 is 0 Å². The van der Waals surface area contributed by atoms with E-state index in [1.165, 1.54) is 0 Å². The van der Waals surface area contributed by atoms with Crippen LogP contribution in [0.3, 0.4) is 0 Å². The third kappa shape index (κ3) is 3.03. The van der Waals surface area contributed by atoms with Crippen LogP contribution >= 0.6 is 0 Å². The van der Waals surface area contributed by atoms with Gasteiger partial charge in [-0.05, 0) is 31.2 Å². The van der Waals surface area contributed by atoms with Gasteiger partial charge in [0.2, 0.25) is 0 Å². The second kappa shape index (κ2) is 6.00. The second-order valence-electron chi connectivity index (χ2n) is 5.27. The van der Waals surface area contributed by atoms with E-state index in [1.807, 2.05) is 31.2 Å². The average Bonchev–Trinajstić information content (AvgIpc) is 2.46. The lowest BCUT2D eigenvalue weighted by Crippen LogP contribution is -2.27. The topological polar surface area (TPSA) is 54.4 Å². The molecule has 1 aliphatic rings. The standard InChI is InChI=1S/C16H20O3/c1-2-11-6-3-4-9-14(11)15(17)12-7-5-8-13(10-12)16(18)19/h3-4,6,9,12-13H,2,5,7-8,10H2,1H3,(H,18,19)/t12-,13+/m1/s1. The molecule has 3 nitrogen and oxygen atoms in total. The van der Waals surface area contributed by atoms with Crippen molar-refractivity contribution in [3.05, 3.63) is 35.4 Å². The van der Waals surface area contributed by atoms with Gasteiger partial charge in [-0.25, -0.2) is 0 Å². The first kappa shape index (κ1) is 13.8. The number of carbonyl (C=O) groups is 2. The van der Waals surface area contributed by atoms with Gasteiger partial charge in [0.05, 0.1) is 5.92 Å².